The molecule has 3 rings (SSSR count). The van der Waals surface area contributed by atoms with Gasteiger partial charge in [0.2, 0.25) is 0 Å². The van der Waals surface area contributed by atoms with Gasteiger partial charge in [-0.15, -0.1) is 0 Å². The van der Waals surface area contributed by atoms with E-state index >= 15 is 0 Å². The summed E-state index contributed by atoms with van der Waals surface area (Å²) < 4.78 is 44.8. The highest BCUT2D eigenvalue weighted by molar-refractivity contribution is 5.73. The van der Waals surface area contributed by atoms with Crippen LogP contribution >= 0.6 is 0 Å². The molecular formula is C22H17F3O3. The van der Waals surface area contributed by atoms with Crippen LogP contribution in [-0.4, -0.2) is 11.1 Å². The normalized spacial score (nSPS) is 11.2. The lowest BCUT2D eigenvalue weighted by Gasteiger charge is -2.13. The number of aliphatic carboxylic acids is 1. The third-order valence-corrected chi connectivity index (χ3v) is 4.09. The molecule has 0 spiro atoms. The lowest BCUT2D eigenvalue weighted by atomic mass is 9.99. The van der Waals surface area contributed by atoms with Gasteiger partial charge in [-0.3, -0.25) is 4.79 Å². The van der Waals surface area contributed by atoms with Crippen LogP contribution in [-0.2, 0) is 24.0 Å². The second-order valence-electron chi connectivity index (χ2n) is 6.29. The van der Waals surface area contributed by atoms with Crippen molar-refractivity contribution in [1.29, 1.82) is 0 Å². The lowest BCUT2D eigenvalue weighted by Crippen LogP contribution is -2.05. The molecule has 0 radical (unpaired) electrons. The van der Waals surface area contributed by atoms with Crippen LogP contribution in [0.15, 0.2) is 72.8 Å². The molecule has 28 heavy (non-hydrogen) atoms. The first-order chi connectivity index (χ1) is 13.3. The molecule has 0 amide bonds. The summed E-state index contributed by atoms with van der Waals surface area (Å²) in [6.07, 6.45) is -4.71. The molecule has 0 aromatic heterocycles. The number of rotatable bonds is 6. The topological polar surface area (TPSA) is 46.5 Å². The van der Waals surface area contributed by atoms with Crippen LogP contribution in [0.3, 0.4) is 0 Å². The van der Waals surface area contributed by atoms with Crippen LogP contribution < -0.4 is 4.74 Å². The van der Waals surface area contributed by atoms with Gasteiger partial charge >= 0.3 is 12.1 Å². The minimum absolute atomic E-state index is 0.255. The van der Waals surface area contributed by atoms with Crippen LogP contribution in [0.25, 0.3) is 11.1 Å². The number of alkyl halides is 3. The van der Waals surface area contributed by atoms with Crippen molar-refractivity contribution in [3.8, 4) is 16.9 Å². The second kappa shape index (κ2) is 8.17. The number of ether oxygens (including phenoxy) is 1. The molecule has 3 nitrogen and oxygen atoms in total. The van der Waals surface area contributed by atoms with Crippen LogP contribution in [0, 0.1) is 0 Å². The SMILES string of the molecule is O=C(O)Cc1cc(OCc2ccccc2)cc(-c2cccc(C(F)(F)F)c2)c1. The molecular weight excluding hydrogens is 369 g/mol. The maximum absolute atomic E-state index is 13.0. The number of carboxylic acid groups (broad SMARTS) is 1. The zero-order valence-electron chi connectivity index (χ0n) is 14.7. The van der Waals surface area contributed by atoms with E-state index in [0.717, 1.165) is 17.7 Å². The molecule has 0 saturated carbocycles. The number of benzene rings is 3. The zero-order valence-corrected chi connectivity index (χ0v) is 14.7. The first kappa shape index (κ1) is 19.5. The van der Waals surface area contributed by atoms with Crippen molar-refractivity contribution in [3.05, 3.63) is 89.5 Å². The predicted molar refractivity (Wildman–Crippen MR) is 99.0 cm³/mol. The van der Waals surface area contributed by atoms with Gasteiger partial charge in [-0.1, -0.05) is 48.5 Å². The molecule has 0 aliphatic carbocycles. The van der Waals surface area contributed by atoms with Gasteiger partial charge in [-0.25, -0.2) is 0 Å². The fourth-order valence-corrected chi connectivity index (χ4v) is 2.80. The highest BCUT2D eigenvalue weighted by Gasteiger charge is 2.30. The molecule has 6 heteroatoms. The lowest BCUT2D eigenvalue weighted by molar-refractivity contribution is -0.138. The van der Waals surface area contributed by atoms with E-state index < -0.39 is 17.7 Å². The number of carboxylic acids is 1. The highest BCUT2D eigenvalue weighted by Crippen LogP contribution is 2.33. The van der Waals surface area contributed by atoms with Gasteiger partial charge in [-0.2, -0.15) is 13.2 Å². The van der Waals surface area contributed by atoms with Crippen LogP contribution in [0.2, 0.25) is 0 Å². The average Bonchev–Trinajstić information content (AvgIpc) is 2.66. The number of hydrogen-bond donors (Lipinski definition) is 1. The van der Waals surface area contributed by atoms with E-state index in [2.05, 4.69) is 0 Å². The Hall–Kier alpha value is -3.28. The van der Waals surface area contributed by atoms with Gasteiger partial charge < -0.3 is 9.84 Å². The van der Waals surface area contributed by atoms with Gasteiger partial charge in [0.25, 0.3) is 0 Å². The summed E-state index contributed by atoms with van der Waals surface area (Å²) in [5.74, 6) is -0.634. The van der Waals surface area contributed by atoms with Gasteiger partial charge in [0.05, 0.1) is 12.0 Å². The van der Waals surface area contributed by atoms with Gasteiger partial charge in [0.15, 0.2) is 0 Å². The molecule has 3 aromatic carbocycles. The summed E-state index contributed by atoms with van der Waals surface area (Å²) in [5, 5.41) is 9.09. The summed E-state index contributed by atoms with van der Waals surface area (Å²) in [7, 11) is 0. The van der Waals surface area contributed by atoms with Crippen molar-refractivity contribution in [2.45, 2.75) is 19.2 Å². The Morgan fingerprint density at radius 3 is 2.29 bits per heavy atom. The maximum Gasteiger partial charge on any atom is 0.416 e. The van der Waals surface area contributed by atoms with E-state index in [1.807, 2.05) is 30.3 Å². The molecule has 1 N–H and O–H groups in total. The van der Waals surface area contributed by atoms with Gasteiger partial charge in [0.1, 0.15) is 12.4 Å². The Morgan fingerprint density at radius 2 is 1.61 bits per heavy atom. The first-order valence-electron chi connectivity index (χ1n) is 8.51. The molecule has 0 fully saturated rings. The highest BCUT2D eigenvalue weighted by atomic mass is 19.4. The standard InChI is InChI=1S/C22H17F3O3/c23-22(24,25)19-8-4-7-17(12-19)18-9-16(11-21(26)27)10-20(13-18)28-14-15-5-2-1-3-6-15/h1-10,12-13H,11,14H2,(H,26,27). The third kappa shape index (κ3) is 5.13. The molecule has 0 atom stereocenters. The fourth-order valence-electron chi connectivity index (χ4n) is 2.80. The van der Waals surface area contributed by atoms with E-state index in [-0.39, 0.29) is 13.0 Å². The molecule has 0 saturated heterocycles. The van der Waals surface area contributed by atoms with E-state index in [1.54, 1.807) is 24.3 Å². The van der Waals surface area contributed by atoms with Crippen molar-refractivity contribution < 1.29 is 27.8 Å². The Kier molecular flexibility index (Phi) is 5.68. The minimum Gasteiger partial charge on any atom is -0.489 e. The van der Waals surface area contributed by atoms with Crippen LogP contribution in [0.5, 0.6) is 5.75 Å². The smallest absolute Gasteiger partial charge is 0.416 e. The Labute approximate surface area is 160 Å². The fraction of sp³-hybridized carbons (Fsp3) is 0.136. The van der Waals surface area contributed by atoms with E-state index in [9.17, 15) is 18.0 Å². The number of hydrogen-bond acceptors (Lipinski definition) is 2. The number of halogens is 3. The molecule has 0 aliphatic heterocycles. The second-order valence-corrected chi connectivity index (χ2v) is 6.29. The van der Waals surface area contributed by atoms with Crippen LogP contribution in [0.1, 0.15) is 16.7 Å². The van der Waals surface area contributed by atoms with E-state index in [0.29, 0.717) is 22.4 Å². The molecule has 3 aromatic rings. The molecule has 0 bridgehead atoms. The Bertz CT molecular complexity index is 966. The molecule has 0 heterocycles. The Balaban J connectivity index is 1.95. The zero-order chi connectivity index (χ0) is 20.1. The molecule has 144 valence electrons. The Morgan fingerprint density at radius 1 is 0.857 bits per heavy atom. The van der Waals surface area contributed by atoms with E-state index in [4.69, 9.17) is 9.84 Å². The van der Waals surface area contributed by atoms with E-state index in [1.165, 1.54) is 6.07 Å². The maximum atomic E-state index is 13.0. The number of carbonyl (C=O) groups is 1. The molecule has 0 aliphatic rings. The molecule has 0 unspecified atom stereocenters. The van der Waals surface area contributed by atoms with Crippen molar-refractivity contribution in [2.75, 3.05) is 0 Å². The summed E-state index contributed by atoms with van der Waals surface area (Å²) >= 11 is 0. The first-order valence-corrected chi connectivity index (χ1v) is 8.51. The minimum atomic E-state index is -4.46. The summed E-state index contributed by atoms with van der Waals surface area (Å²) in [4.78, 5) is 11.1. The summed E-state index contributed by atoms with van der Waals surface area (Å²) in [6.45, 7) is 0.263. The van der Waals surface area contributed by atoms with Crippen molar-refractivity contribution >= 4 is 5.97 Å². The average molecular weight is 386 g/mol. The monoisotopic (exact) mass is 386 g/mol. The summed E-state index contributed by atoms with van der Waals surface area (Å²) in [6, 6.07) is 19.1. The van der Waals surface area contributed by atoms with Gasteiger partial charge in [0, 0.05) is 0 Å². The van der Waals surface area contributed by atoms with Crippen molar-refractivity contribution in [3.63, 3.8) is 0 Å². The van der Waals surface area contributed by atoms with Gasteiger partial charge in [-0.05, 0) is 46.5 Å². The largest absolute Gasteiger partial charge is 0.489 e. The third-order valence-electron chi connectivity index (χ3n) is 4.09. The summed E-state index contributed by atoms with van der Waals surface area (Å²) in [5.41, 5.74) is 1.41. The predicted octanol–water partition coefficient (Wildman–Crippen LogP) is 5.58. The van der Waals surface area contributed by atoms with Crippen LogP contribution in [0.4, 0.5) is 13.2 Å². The quantitative estimate of drug-likeness (QED) is 0.602. The van der Waals surface area contributed by atoms with Crippen molar-refractivity contribution in [1.82, 2.24) is 0 Å². The van der Waals surface area contributed by atoms with Crippen molar-refractivity contribution in [2.24, 2.45) is 0 Å².